The molecule has 2 N–H and O–H groups in total. The highest BCUT2D eigenvalue weighted by molar-refractivity contribution is 14.1. The molecule has 1 heterocycles. The van der Waals surface area contributed by atoms with Crippen molar-refractivity contribution in [1.29, 1.82) is 0 Å². The molecular weight excluding hydrogens is 375 g/mol. The van der Waals surface area contributed by atoms with E-state index in [9.17, 15) is 0 Å². The molecule has 0 saturated heterocycles. The lowest BCUT2D eigenvalue weighted by atomic mass is 10.3. The highest BCUT2D eigenvalue weighted by Gasteiger charge is 2.05. The molecule has 100 valence electrons. The molecule has 0 aliphatic rings. The minimum atomic E-state index is 0.676. The van der Waals surface area contributed by atoms with Gasteiger partial charge >= 0.3 is 0 Å². The van der Waals surface area contributed by atoms with Crippen LogP contribution in [0, 0.1) is 3.57 Å². The third-order valence-corrected chi connectivity index (χ3v) is 3.52. The first-order valence-electron chi connectivity index (χ1n) is 5.90. The van der Waals surface area contributed by atoms with Gasteiger partial charge in [-0.1, -0.05) is 18.5 Å². The van der Waals surface area contributed by atoms with Crippen molar-refractivity contribution in [1.82, 2.24) is 9.97 Å². The van der Waals surface area contributed by atoms with Crippen LogP contribution in [0.3, 0.4) is 0 Å². The van der Waals surface area contributed by atoms with Crippen LogP contribution in [0.5, 0.6) is 0 Å². The van der Waals surface area contributed by atoms with Crippen LogP contribution in [0.25, 0.3) is 0 Å². The summed E-state index contributed by atoms with van der Waals surface area (Å²) in [6, 6.07) is 7.70. The van der Waals surface area contributed by atoms with Gasteiger partial charge in [0.25, 0.3) is 0 Å². The maximum absolute atomic E-state index is 6.20. The first kappa shape index (κ1) is 14.3. The van der Waals surface area contributed by atoms with Gasteiger partial charge in [0.05, 0.1) is 10.7 Å². The molecule has 6 heteroatoms. The zero-order valence-electron chi connectivity index (χ0n) is 10.7. The van der Waals surface area contributed by atoms with Crippen LogP contribution >= 0.6 is 34.2 Å². The van der Waals surface area contributed by atoms with Gasteiger partial charge in [-0.3, -0.25) is 0 Å². The van der Waals surface area contributed by atoms with Gasteiger partial charge in [0, 0.05) is 23.1 Å². The average molecular weight is 389 g/mol. The smallest absolute Gasteiger partial charge is 0.136 e. The normalized spacial score (nSPS) is 10.3. The number of anilines is 3. The molecular formula is C13H14ClIN4. The molecule has 0 radical (unpaired) electrons. The highest BCUT2D eigenvalue weighted by atomic mass is 127. The van der Waals surface area contributed by atoms with E-state index in [0.717, 1.165) is 33.1 Å². The topological polar surface area (TPSA) is 49.8 Å². The summed E-state index contributed by atoms with van der Waals surface area (Å²) in [5.74, 6) is 2.31. The van der Waals surface area contributed by atoms with Crippen molar-refractivity contribution >= 4 is 51.5 Å². The van der Waals surface area contributed by atoms with Gasteiger partial charge < -0.3 is 10.6 Å². The molecule has 0 aliphatic carbocycles. The maximum atomic E-state index is 6.20. The van der Waals surface area contributed by atoms with Crippen LogP contribution in [-0.4, -0.2) is 17.0 Å². The minimum Gasteiger partial charge on any atom is -0.373 e. The summed E-state index contributed by atoms with van der Waals surface area (Å²) in [4.78, 5) is 8.79. The van der Waals surface area contributed by atoms with Gasteiger partial charge in [-0.2, -0.15) is 0 Å². The van der Waals surface area contributed by atoms with Crippen molar-refractivity contribution in [2.75, 3.05) is 17.7 Å². The number of hydrogen-bond donors (Lipinski definition) is 2. The van der Waals surface area contributed by atoms with E-state index in [0.29, 0.717) is 5.02 Å². The van der Waals surface area contributed by atoms with Gasteiger partial charge in [-0.15, -0.1) is 0 Å². The first-order chi connectivity index (χ1) is 9.12. The molecule has 19 heavy (non-hydrogen) atoms. The molecule has 2 aromatic rings. The SMILES string of the molecule is CCc1nc(NC)cc(Nc2ccc(I)cc2Cl)n1. The van der Waals surface area contributed by atoms with E-state index < -0.39 is 0 Å². The van der Waals surface area contributed by atoms with Gasteiger partial charge in [-0.05, 0) is 40.8 Å². The fraction of sp³-hybridized carbons (Fsp3) is 0.231. The second-order valence-corrected chi connectivity index (χ2v) is 5.56. The van der Waals surface area contributed by atoms with E-state index in [4.69, 9.17) is 11.6 Å². The summed E-state index contributed by atoms with van der Waals surface area (Å²) in [5, 5.41) is 6.92. The van der Waals surface area contributed by atoms with Crippen molar-refractivity contribution in [2.24, 2.45) is 0 Å². The number of benzene rings is 1. The number of nitrogens with zero attached hydrogens (tertiary/aromatic N) is 2. The molecule has 1 aromatic heterocycles. The average Bonchev–Trinajstić information content (AvgIpc) is 2.41. The standard InChI is InChI=1S/C13H14ClIN4/c1-3-11-18-12(16-2)7-13(19-11)17-10-5-4-8(15)6-9(10)14/h4-7H,3H2,1-2H3,(H2,16,17,18,19). The predicted molar refractivity (Wildman–Crippen MR) is 88.4 cm³/mol. The molecule has 0 amide bonds. The summed E-state index contributed by atoms with van der Waals surface area (Å²) in [5.41, 5.74) is 0.838. The molecule has 0 spiro atoms. The van der Waals surface area contributed by atoms with Gasteiger partial charge in [0.15, 0.2) is 0 Å². The minimum absolute atomic E-state index is 0.676. The summed E-state index contributed by atoms with van der Waals surface area (Å²) in [6.07, 6.45) is 0.782. The lowest BCUT2D eigenvalue weighted by molar-refractivity contribution is 0.945. The van der Waals surface area contributed by atoms with E-state index in [1.165, 1.54) is 0 Å². The maximum Gasteiger partial charge on any atom is 0.136 e. The third-order valence-electron chi connectivity index (χ3n) is 2.54. The monoisotopic (exact) mass is 388 g/mol. The van der Waals surface area contributed by atoms with Gasteiger partial charge in [-0.25, -0.2) is 9.97 Å². The predicted octanol–water partition coefficient (Wildman–Crippen LogP) is 4.08. The van der Waals surface area contributed by atoms with Gasteiger partial charge in [0.1, 0.15) is 17.5 Å². The summed E-state index contributed by atoms with van der Waals surface area (Å²) in [6.45, 7) is 2.02. The number of rotatable bonds is 4. The van der Waals surface area contributed by atoms with E-state index in [-0.39, 0.29) is 0 Å². The Labute approximate surface area is 131 Å². The Bertz CT molecular complexity index is 567. The molecule has 0 saturated carbocycles. The Hall–Kier alpha value is -1.08. The zero-order valence-corrected chi connectivity index (χ0v) is 13.6. The van der Waals surface area contributed by atoms with E-state index in [1.807, 2.05) is 38.2 Å². The van der Waals surface area contributed by atoms with E-state index in [2.05, 4.69) is 43.2 Å². The highest BCUT2D eigenvalue weighted by Crippen LogP contribution is 2.27. The fourth-order valence-corrected chi connectivity index (χ4v) is 2.48. The Morgan fingerprint density at radius 3 is 2.58 bits per heavy atom. The molecule has 0 fully saturated rings. The largest absolute Gasteiger partial charge is 0.373 e. The van der Waals surface area contributed by atoms with E-state index in [1.54, 1.807) is 0 Å². The number of aromatic nitrogens is 2. The number of hydrogen-bond acceptors (Lipinski definition) is 4. The van der Waals surface area contributed by atoms with Crippen LogP contribution in [0.4, 0.5) is 17.3 Å². The van der Waals surface area contributed by atoms with Crippen molar-refractivity contribution in [3.05, 3.63) is 38.7 Å². The second kappa shape index (κ2) is 6.38. The Morgan fingerprint density at radius 2 is 1.95 bits per heavy atom. The lowest BCUT2D eigenvalue weighted by Gasteiger charge is -2.10. The molecule has 0 unspecified atom stereocenters. The third kappa shape index (κ3) is 3.70. The van der Waals surface area contributed by atoms with Crippen molar-refractivity contribution in [3.63, 3.8) is 0 Å². The number of nitrogens with one attached hydrogen (secondary N) is 2. The molecule has 4 nitrogen and oxygen atoms in total. The van der Waals surface area contributed by atoms with Crippen LogP contribution in [0.15, 0.2) is 24.3 Å². The summed E-state index contributed by atoms with van der Waals surface area (Å²) >= 11 is 8.43. The van der Waals surface area contributed by atoms with Crippen molar-refractivity contribution < 1.29 is 0 Å². The van der Waals surface area contributed by atoms with Gasteiger partial charge in [0.2, 0.25) is 0 Å². The quantitative estimate of drug-likeness (QED) is 0.775. The molecule has 0 atom stereocenters. The summed E-state index contributed by atoms with van der Waals surface area (Å²) < 4.78 is 1.10. The van der Waals surface area contributed by atoms with Crippen LogP contribution < -0.4 is 10.6 Å². The Morgan fingerprint density at radius 1 is 1.21 bits per heavy atom. The summed E-state index contributed by atoms with van der Waals surface area (Å²) in [7, 11) is 1.84. The van der Waals surface area contributed by atoms with E-state index >= 15 is 0 Å². The fourth-order valence-electron chi connectivity index (χ4n) is 1.58. The van der Waals surface area contributed by atoms with Crippen molar-refractivity contribution in [3.8, 4) is 0 Å². The molecule has 1 aromatic carbocycles. The van der Waals surface area contributed by atoms with Crippen LogP contribution in [0.1, 0.15) is 12.7 Å². The first-order valence-corrected chi connectivity index (χ1v) is 7.36. The Kier molecular flexibility index (Phi) is 4.81. The lowest BCUT2D eigenvalue weighted by Crippen LogP contribution is -2.03. The molecule has 0 bridgehead atoms. The van der Waals surface area contributed by atoms with Crippen LogP contribution in [0.2, 0.25) is 5.02 Å². The molecule has 0 aliphatic heterocycles. The van der Waals surface area contributed by atoms with Crippen molar-refractivity contribution in [2.45, 2.75) is 13.3 Å². The zero-order chi connectivity index (χ0) is 13.8. The molecule has 2 rings (SSSR count). The second-order valence-electron chi connectivity index (χ2n) is 3.91. The number of halogens is 2. The number of aryl methyl sites for hydroxylation is 1. The van der Waals surface area contributed by atoms with Crippen LogP contribution in [-0.2, 0) is 6.42 Å². The Balaban J connectivity index is 2.31.